The Morgan fingerprint density at radius 1 is 1.56 bits per heavy atom. The number of anilines is 1. The number of hydrogen-bond acceptors (Lipinski definition) is 8. The highest BCUT2D eigenvalue weighted by atomic mass is 32.2. The normalized spacial score (nSPS) is 21.9. The molecular formula is C8H12N4O3S3. The van der Waals surface area contributed by atoms with Gasteiger partial charge in [-0.3, -0.25) is 4.79 Å². The van der Waals surface area contributed by atoms with Gasteiger partial charge < -0.3 is 11.1 Å². The van der Waals surface area contributed by atoms with Crippen molar-refractivity contribution >= 4 is 44.0 Å². The van der Waals surface area contributed by atoms with Crippen LogP contribution in [0.2, 0.25) is 0 Å². The Balaban J connectivity index is 1.76. The monoisotopic (exact) mass is 308 g/mol. The van der Waals surface area contributed by atoms with E-state index in [-0.39, 0.29) is 29.2 Å². The minimum Gasteiger partial charge on any atom is -0.374 e. The summed E-state index contributed by atoms with van der Waals surface area (Å²) in [6, 6.07) is -0.261. The van der Waals surface area contributed by atoms with Gasteiger partial charge in [-0.1, -0.05) is 23.1 Å². The Hall–Kier alpha value is -0.870. The third-order valence-corrected chi connectivity index (χ3v) is 6.00. The van der Waals surface area contributed by atoms with Gasteiger partial charge in [-0.25, -0.2) is 8.42 Å². The van der Waals surface area contributed by atoms with Crippen LogP contribution < -0.4 is 11.1 Å². The van der Waals surface area contributed by atoms with Crippen molar-refractivity contribution in [3.05, 3.63) is 0 Å². The standard InChI is InChI=1S/C8H12N4O3S3/c9-7-11-12-8(17-7)16-3-6(13)10-5-1-2-18(14,15)4-5/h5H,1-4H2,(H2,9,11)(H,10,13)/t5-/m0/s1. The number of aromatic nitrogens is 2. The third kappa shape index (κ3) is 3.82. The Morgan fingerprint density at radius 3 is 2.89 bits per heavy atom. The maximum absolute atomic E-state index is 11.6. The molecule has 1 amide bonds. The summed E-state index contributed by atoms with van der Waals surface area (Å²) in [6.45, 7) is 0. The molecule has 0 spiro atoms. The summed E-state index contributed by atoms with van der Waals surface area (Å²) in [5.41, 5.74) is 5.41. The molecule has 1 aliphatic heterocycles. The summed E-state index contributed by atoms with van der Waals surface area (Å²) in [7, 11) is -2.96. The molecule has 1 aromatic rings. The first-order chi connectivity index (χ1) is 8.44. The van der Waals surface area contributed by atoms with Gasteiger partial charge in [0.2, 0.25) is 11.0 Å². The van der Waals surface area contributed by atoms with Crippen LogP contribution in [0.3, 0.4) is 0 Å². The summed E-state index contributed by atoms with van der Waals surface area (Å²) in [6.07, 6.45) is 0.491. The van der Waals surface area contributed by atoms with Crippen molar-refractivity contribution in [3.63, 3.8) is 0 Å². The van der Waals surface area contributed by atoms with Crippen LogP contribution in [-0.2, 0) is 14.6 Å². The average molecular weight is 308 g/mol. The number of hydrogen-bond donors (Lipinski definition) is 2. The van der Waals surface area contributed by atoms with E-state index in [0.29, 0.717) is 15.9 Å². The molecule has 0 unspecified atom stereocenters. The first-order valence-corrected chi connectivity index (χ1v) is 8.78. The summed E-state index contributed by atoms with van der Waals surface area (Å²) < 4.78 is 23.1. The fourth-order valence-electron chi connectivity index (χ4n) is 1.58. The number of thioether (sulfide) groups is 1. The summed E-state index contributed by atoms with van der Waals surface area (Å²) >= 11 is 2.45. The summed E-state index contributed by atoms with van der Waals surface area (Å²) in [5.74, 6) is 0.175. The largest absolute Gasteiger partial charge is 0.374 e. The molecular weight excluding hydrogens is 296 g/mol. The Labute approximate surface area is 112 Å². The molecule has 7 nitrogen and oxygen atoms in total. The van der Waals surface area contributed by atoms with Crippen LogP contribution in [0.25, 0.3) is 0 Å². The van der Waals surface area contributed by atoms with E-state index in [9.17, 15) is 13.2 Å². The highest BCUT2D eigenvalue weighted by Gasteiger charge is 2.28. The SMILES string of the molecule is Nc1nnc(SCC(=O)N[C@H]2CCS(=O)(=O)C2)s1. The first kappa shape index (κ1) is 13.6. The Kier molecular flexibility index (Phi) is 4.07. The molecule has 100 valence electrons. The van der Waals surface area contributed by atoms with E-state index < -0.39 is 9.84 Å². The lowest BCUT2D eigenvalue weighted by Crippen LogP contribution is -2.36. The highest BCUT2D eigenvalue weighted by molar-refractivity contribution is 8.01. The van der Waals surface area contributed by atoms with Crippen molar-refractivity contribution in [2.45, 2.75) is 16.8 Å². The van der Waals surface area contributed by atoms with E-state index in [2.05, 4.69) is 15.5 Å². The third-order valence-electron chi connectivity index (χ3n) is 2.35. The van der Waals surface area contributed by atoms with Gasteiger partial charge in [0.1, 0.15) is 0 Å². The van der Waals surface area contributed by atoms with Gasteiger partial charge in [-0.05, 0) is 6.42 Å². The lowest BCUT2D eigenvalue weighted by Gasteiger charge is -2.09. The van der Waals surface area contributed by atoms with Gasteiger partial charge in [0.25, 0.3) is 0 Å². The zero-order valence-electron chi connectivity index (χ0n) is 9.33. The predicted molar refractivity (Wildman–Crippen MR) is 70.2 cm³/mol. The van der Waals surface area contributed by atoms with Gasteiger partial charge in [-0.2, -0.15) is 0 Å². The van der Waals surface area contributed by atoms with E-state index >= 15 is 0 Å². The molecule has 1 aromatic heterocycles. The topological polar surface area (TPSA) is 115 Å². The van der Waals surface area contributed by atoms with Crippen LogP contribution in [0.4, 0.5) is 5.13 Å². The van der Waals surface area contributed by atoms with E-state index in [4.69, 9.17) is 5.73 Å². The van der Waals surface area contributed by atoms with Crippen LogP contribution in [0.5, 0.6) is 0 Å². The van der Waals surface area contributed by atoms with E-state index in [0.717, 1.165) is 0 Å². The smallest absolute Gasteiger partial charge is 0.230 e. The van der Waals surface area contributed by atoms with Crippen LogP contribution in [0, 0.1) is 0 Å². The van der Waals surface area contributed by atoms with Crippen molar-refractivity contribution in [1.82, 2.24) is 15.5 Å². The molecule has 10 heteroatoms. The number of nitrogens with zero attached hydrogens (tertiary/aromatic N) is 2. The molecule has 0 aliphatic carbocycles. The molecule has 1 aliphatic rings. The van der Waals surface area contributed by atoms with Crippen LogP contribution in [0.1, 0.15) is 6.42 Å². The predicted octanol–water partition coefficient (Wildman–Crippen LogP) is -0.484. The second-order valence-electron chi connectivity index (χ2n) is 3.86. The number of carbonyl (C=O) groups excluding carboxylic acids is 1. The van der Waals surface area contributed by atoms with Gasteiger partial charge >= 0.3 is 0 Å². The highest BCUT2D eigenvalue weighted by Crippen LogP contribution is 2.23. The molecule has 2 rings (SSSR count). The molecule has 1 saturated heterocycles. The molecule has 1 fully saturated rings. The van der Waals surface area contributed by atoms with E-state index in [1.807, 2.05) is 0 Å². The van der Waals surface area contributed by atoms with Gasteiger partial charge in [0, 0.05) is 6.04 Å². The minimum atomic E-state index is -2.96. The first-order valence-electron chi connectivity index (χ1n) is 5.16. The average Bonchev–Trinajstić information content (AvgIpc) is 2.82. The fraction of sp³-hybridized carbons (Fsp3) is 0.625. The van der Waals surface area contributed by atoms with Crippen molar-refractivity contribution in [3.8, 4) is 0 Å². The van der Waals surface area contributed by atoms with Crippen LogP contribution in [-0.4, -0.2) is 47.8 Å². The zero-order valence-corrected chi connectivity index (χ0v) is 11.8. The Morgan fingerprint density at radius 2 is 2.33 bits per heavy atom. The van der Waals surface area contributed by atoms with E-state index in [1.54, 1.807) is 0 Å². The Bertz CT molecular complexity index is 542. The number of sulfone groups is 1. The van der Waals surface area contributed by atoms with Gasteiger partial charge in [0.15, 0.2) is 14.2 Å². The molecule has 1 atom stereocenters. The maximum Gasteiger partial charge on any atom is 0.230 e. The molecule has 18 heavy (non-hydrogen) atoms. The quantitative estimate of drug-likeness (QED) is 0.721. The summed E-state index contributed by atoms with van der Waals surface area (Å²) in [5, 5.41) is 10.5. The zero-order chi connectivity index (χ0) is 13.2. The van der Waals surface area contributed by atoms with E-state index in [1.165, 1.54) is 23.1 Å². The van der Waals surface area contributed by atoms with Crippen molar-refractivity contribution in [2.24, 2.45) is 0 Å². The van der Waals surface area contributed by atoms with Crippen molar-refractivity contribution in [2.75, 3.05) is 23.0 Å². The van der Waals surface area contributed by atoms with Crippen LogP contribution in [0.15, 0.2) is 4.34 Å². The fourth-order valence-corrected chi connectivity index (χ4v) is 4.70. The minimum absolute atomic E-state index is 0.0369. The molecule has 2 heterocycles. The number of nitrogen functional groups attached to an aromatic ring is 1. The van der Waals surface area contributed by atoms with Crippen molar-refractivity contribution in [1.29, 1.82) is 0 Å². The van der Waals surface area contributed by atoms with Crippen LogP contribution >= 0.6 is 23.1 Å². The molecule has 0 radical (unpaired) electrons. The van der Waals surface area contributed by atoms with Gasteiger partial charge in [-0.15, -0.1) is 10.2 Å². The lowest BCUT2D eigenvalue weighted by atomic mass is 10.3. The molecule has 0 aromatic carbocycles. The second-order valence-corrected chi connectivity index (χ2v) is 8.32. The molecule has 3 N–H and O–H groups in total. The van der Waals surface area contributed by atoms with Gasteiger partial charge in [0.05, 0.1) is 17.3 Å². The number of rotatable bonds is 4. The number of amides is 1. The van der Waals surface area contributed by atoms with Crippen molar-refractivity contribution < 1.29 is 13.2 Å². The number of nitrogens with two attached hydrogens (primary N) is 1. The number of nitrogens with one attached hydrogen (secondary N) is 1. The molecule has 0 saturated carbocycles. The number of carbonyl (C=O) groups is 1. The summed E-state index contributed by atoms with van der Waals surface area (Å²) in [4.78, 5) is 11.6. The second kappa shape index (κ2) is 5.41. The lowest BCUT2D eigenvalue weighted by molar-refractivity contribution is -0.119. The molecule has 0 bridgehead atoms. The maximum atomic E-state index is 11.6.